The number of aromatic amines is 2. The van der Waals surface area contributed by atoms with Crippen LogP contribution in [0.15, 0.2) is 73.2 Å². The molecule has 2 aromatic carbocycles. The Kier molecular flexibility index (Phi) is 8.07. The van der Waals surface area contributed by atoms with E-state index in [2.05, 4.69) is 46.7 Å². The zero-order valence-electron chi connectivity index (χ0n) is 26.1. The number of halogens is 1. The van der Waals surface area contributed by atoms with Crippen molar-refractivity contribution in [2.45, 2.75) is 27.2 Å². The highest BCUT2D eigenvalue weighted by molar-refractivity contribution is 6.01. The van der Waals surface area contributed by atoms with Crippen molar-refractivity contribution in [1.82, 2.24) is 30.0 Å². The first kappa shape index (κ1) is 30.0. The van der Waals surface area contributed by atoms with E-state index >= 15 is 0 Å². The van der Waals surface area contributed by atoms with Crippen LogP contribution in [0.5, 0.6) is 0 Å². The van der Waals surface area contributed by atoms with Crippen LogP contribution < -0.4 is 10.6 Å². The van der Waals surface area contributed by atoms with Gasteiger partial charge in [-0.3, -0.25) is 19.9 Å². The topological polar surface area (TPSA) is 115 Å². The molecule has 0 fully saturated rings. The first-order chi connectivity index (χ1) is 21.5. The lowest BCUT2D eigenvalue weighted by atomic mass is 9.92. The van der Waals surface area contributed by atoms with Crippen LogP contribution in [-0.4, -0.2) is 63.1 Å². The second kappa shape index (κ2) is 12.1. The third kappa shape index (κ3) is 6.86. The van der Waals surface area contributed by atoms with Gasteiger partial charge < -0.3 is 20.5 Å². The highest BCUT2D eigenvalue weighted by Gasteiger charge is 2.18. The third-order valence-electron chi connectivity index (χ3n) is 7.47. The molecule has 6 aromatic rings. The summed E-state index contributed by atoms with van der Waals surface area (Å²) in [6.07, 6.45) is 5.58. The van der Waals surface area contributed by atoms with Gasteiger partial charge in [-0.1, -0.05) is 26.8 Å². The average Bonchev–Trinajstić information content (AvgIpc) is 3.59. The van der Waals surface area contributed by atoms with E-state index in [1.807, 2.05) is 71.3 Å². The van der Waals surface area contributed by atoms with Crippen LogP contribution in [0.4, 0.5) is 15.8 Å². The third-order valence-corrected chi connectivity index (χ3v) is 7.47. The van der Waals surface area contributed by atoms with Crippen molar-refractivity contribution in [3.05, 3.63) is 79.0 Å². The van der Waals surface area contributed by atoms with Gasteiger partial charge in [0, 0.05) is 65.0 Å². The van der Waals surface area contributed by atoms with Gasteiger partial charge in [0.05, 0.1) is 28.8 Å². The largest absolute Gasteiger partial charge is 0.384 e. The van der Waals surface area contributed by atoms with Gasteiger partial charge in [0.2, 0.25) is 5.91 Å². The van der Waals surface area contributed by atoms with Crippen LogP contribution in [0.2, 0.25) is 0 Å². The van der Waals surface area contributed by atoms with E-state index in [0.29, 0.717) is 35.6 Å². The molecule has 4 heterocycles. The van der Waals surface area contributed by atoms with Gasteiger partial charge in [-0.05, 0) is 73.6 Å². The van der Waals surface area contributed by atoms with Crippen molar-refractivity contribution in [3.63, 3.8) is 0 Å². The molecule has 230 valence electrons. The Morgan fingerprint density at radius 2 is 1.69 bits per heavy atom. The van der Waals surface area contributed by atoms with E-state index in [1.54, 1.807) is 18.6 Å². The van der Waals surface area contributed by atoms with Gasteiger partial charge in [0.15, 0.2) is 0 Å². The number of carbonyl (C=O) groups excluding carboxylic acids is 1. The smallest absolute Gasteiger partial charge is 0.224 e. The summed E-state index contributed by atoms with van der Waals surface area (Å²) >= 11 is 0. The molecule has 4 N–H and O–H groups in total. The molecule has 0 aliphatic rings. The predicted molar refractivity (Wildman–Crippen MR) is 180 cm³/mol. The lowest BCUT2D eigenvalue weighted by Gasteiger charge is -2.17. The Labute approximate surface area is 261 Å². The molecular weight excluding hydrogens is 567 g/mol. The zero-order chi connectivity index (χ0) is 31.7. The molecule has 0 radical (unpaired) electrons. The Morgan fingerprint density at radius 1 is 0.889 bits per heavy atom. The van der Waals surface area contributed by atoms with E-state index < -0.39 is 0 Å². The van der Waals surface area contributed by atoms with E-state index in [1.165, 1.54) is 12.1 Å². The molecule has 9 nitrogen and oxygen atoms in total. The Morgan fingerprint density at radius 3 is 2.49 bits per heavy atom. The molecular formula is C35H37FN8O. The van der Waals surface area contributed by atoms with Crippen molar-refractivity contribution in [2.75, 3.05) is 37.8 Å². The minimum atomic E-state index is -0.326. The van der Waals surface area contributed by atoms with Crippen molar-refractivity contribution in [2.24, 2.45) is 5.41 Å². The molecule has 0 aliphatic carbocycles. The second-order valence-corrected chi connectivity index (χ2v) is 12.8. The summed E-state index contributed by atoms with van der Waals surface area (Å²) < 4.78 is 14.7. The van der Waals surface area contributed by atoms with Crippen molar-refractivity contribution in [3.8, 4) is 33.8 Å². The maximum absolute atomic E-state index is 14.7. The number of rotatable bonds is 9. The summed E-state index contributed by atoms with van der Waals surface area (Å²) in [4.78, 5) is 27.1. The summed E-state index contributed by atoms with van der Waals surface area (Å²) in [5.74, 6) is -0.371. The molecule has 4 aromatic heterocycles. The first-order valence-corrected chi connectivity index (χ1v) is 14.9. The predicted octanol–water partition coefficient (Wildman–Crippen LogP) is 7.32. The van der Waals surface area contributed by atoms with Gasteiger partial charge in [0.1, 0.15) is 11.5 Å². The second-order valence-electron chi connectivity index (χ2n) is 12.8. The number of H-pyrrole nitrogens is 2. The number of hydrogen-bond acceptors (Lipinski definition) is 6. The molecule has 0 atom stereocenters. The number of amides is 1. The molecule has 0 bridgehead atoms. The number of aromatic nitrogens is 5. The maximum Gasteiger partial charge on any atom is 0.224 e. The Hall–Kier alpha value is -5.09. The Bertz CT molecular complexity index is 2000. The normalized spacial score (nSPS) is 11.9. The number of nitrogens with one attached hydrogen (secondary N) is 4. The van der Waals surface area contributed by atoms with Crippen LogP contribution >= 0.6 is 0 Å². The van der Waals surface area contributed by atoms with Crippen molar-refractivity contribution >= 4 is 39.1 Å². The zero-order valence-corrected chi connectivity index (χ0v) is 26.1. The summed E-state index contributed by atoms with van der Waals surface area (Å²) in [5, 5.41) is 15.9. The SMILES string of the molecule is CN(C)CCNc1cc(F)cc(-c2nccc3[nH]c(-c4n[nH]c5ccc(-c6cncc(NC(=O)CC(C)(C)C)c6)cc45)cc23)c1. The molecule has 45 heavy (non-hydrogen) atoms. The van der Waals surface area contributed by atoms with Crippen LogP contribution in [0.25, 0.3) is 55.6 Å². The monoisotopic (exact) mass is 604 g/mol. The lowest BCUT2D eigenvalue weighted by molar-refractivity contribution is -0.117. The molecule has 0 saturated carbocycles. The number of pyridine rings is 2. The molecule has 0 aliphatic heterocycles. The standard InChI is InChI=1S/C35H37FN8O/c1-35(2,3)18-32(45)40-26-14-23(19-37-20-26)21-6-7-30-27(15-21)34(43-42-30)31-17-28-29(41-31)8-9-39-33(28)22-12-24(36)16-25(13-22)38-10-11-44(4)5/h6-9,12-17,19-20,38,41H,10-11,18H2,1-5H3,(H,40,45)(H,42,43). The van der Waals surface area contributed by atoms with Crippen molar-refractivity contribution in [1.29, 1.82) is 0 Å². The quantitative estimate of drug-likeness (QED) is 0.137. The highest BCUT2D eigenvalue weighted by Crippen LogP contribution is 2.35. The molecule has 0 spiro atoms. The number of hydrogen-bond donors (Lipinski definition) is 4. The number of anilines is 2. The summed E-state index contributed by atoms with van der Waals surface area (Å²) in [7, 11) is 4.00. The van der Waals surface area contributed by atoms with E-state index in [9.17, 15) is 9.18 Å². The number of benzene rings is 2. The number of carbonyl (C=O) groups is 1. The molecule has 10 heteroatoms. The summed E-state index contributed by atoms with van der Waals surface area (Å²) in [6.45, 7) is 7.63. The van der Waals surface area contributed by atoms with E-state index in [0.717, 1.165) is 50.9 Å². The average molecular weight is 605 g/mol. The highest BCUT2D eigenvalue weighted by atomic mass is 19.1. The van der Waals surface area contributed by atoms with Crippen LogP contribution in [0.1, 0.15) is 27.2 Å². The van der Waals surface area contributed by atoms with Gasteiger partial charge in [0.25, 0.3) is 0 Å². The minimum Gasteiger partial charge on any atom is -0.384 e. The van der Waals surface area contributed by atoms with Crippen LogP contribution in [0, 0.1) is 11.2 Å². The number of nitrogens with zero attached hydrogens (tertiary/aromatic N) is 4. The number of fused-ring (bicyclic) bond motifs is 2. The lowest BCUT2D eigenvalue weighted by Crippen LogP contribution is -2.20. The molecule has 6 rings (SSSR count). The fraction of sp³-hybridized carbons (Fsp3) is 0.257. The summed E-state index contributed by atoms with van der Waals surface area (Å²) in [5.41, 5.74) is 7.75. The Balaban J connectivity index is 1.33. The molecule has 0 unspecified atom stereocenters. The molecule has 1 amide bonds. The van der Waals surface area contributed by atoms with E-state index in [4.69, 9.17) is 0 Å². The fourth-order valence-electron chi connectivity index (χ4n) is 5.42. The van der Waals surface area contributed by atoms with E-state index in [-0.39, 0.29) is 17.1 Å². The molecule has 0 saturated heterocycles. The maximum atomic E-state index is 14.7. The summed E-state index contributed by atoms with van der Waals surface area (Å²) in [6, 6.07) is 16.8. The minimum absolute atomic E-state index is 0.0447. The fourth-order valence-corrected chi connectivity index (χ4v) is 5.42. The van der Waals surface area contributed by atoms with Crippen LogP contribution in [-0.2, 0) is 4.79 Å². The van der Waals surface area contributed by atoms with Gasteiger partial charge in [-0.15, -0.1) is 0 Å². The number of likely N-dealkylation sites (N-methyl/N-ethyl adjacent to an activating group) is 1. The van der Waals surface area contributed by atoms with Gasteiger partial charge in [-0.2, -0.15) is 5.10 Å². The first-order valence-electron chi connectivity index (χ1n) is 14.9. The van der Waals surface area contributed by atoms with Gasteiger partial charge in [-0.25, -0.2) is 4.39 Å². The van der Waals surface area contributed by atoms with Crippen molar-refractivity contribution < 1.29 is 9.18 Å². The van der Waals surface area contributed by atoms with Gasteiger partial charge >= 0.3 is 0 Å². The van der Waals surface area contributed by atoms with Crippen LogP contribution in [0.3, 0.4) is 0 Å².